The number of hydrogen-bond acceptors (Lipinski definition) is 5. The minimum Gasteiger partial charge on any atom is -0.484 e. The zero-order chi connectivity index (χ0) is 19.2. The highest BCUT2D eigenvalue weighted by Crippen LogP contribution is 2.30. The van der Waals surface area contributed by atoms with Gasteiger partial charge in [0.15, 0.2) is 0 Å². The van der Waals surface area contributed by atoms with E-state index < -0.39 is 0 Å². The van der Waals surface area contributed by atoms with Crippen molar-refractivity contribution in [2.24, 2.45) is 0 Å². The average Bonchev–Trinajstić information content (AvgIpc) is 2.94. The van der Waals surface area contributed by atoms with Gasteiger partial charge in [0.2, 0.25) is 0 Å². The van der Waals surface area contributed by atoms with Gasteiger partial charge < -0.3 is 10.1 Å². The fraction of sp³-hybridized carbons (Fsp3) is 0.227. The SMILES string of the molecule is O=C(NCCN1Cc2ccccc2OC(c2ccccc2)C1)c1cnccn1. The standard InChI is InChI=1S/C22H22N4O2/c27-22(19-14-23-10-11-24-19)25-12-13-26-15-18-8-4-5-9-20(18)28-21(16-26)17-6-2-1-3-7-17/h1-11,14,21H,12-13,15-16H2,(H,25,27). The van der Waals surface area contributed by atoms with Crippen molar-refractivity contribution in [3.63, 3.8) is 0 Å². The first-order valence-electron chi connectivity index (χ1n) is 9.35. The Balaban J connectivity index is 1.44. The van der Waals surface area contributed by atoms with E-state index in [1.807, 2.05) is 36.4 Å². The van der Waals surface area contributed by atoms with Gasteiger partial charge >= 0.3 is 0 Å². The Labute approximate surface area is 164 Å². The lowest BCUT2D eigenvalue weighted by molar-refractivity contribution is 0.0937. The predicted molar refractivity (Wildman–Crippen MR) is 106 cm³/mol. The summed E-state index contributed by atoms with van der Waals surface area (Å²) < 4.78 is 6.32. The molecule has 2 aromatic carbocycles. The number of nitrogens with one attached hydrogen (secondary N) is 1. The van der Waals surface area contributed by atoms with Gasteiger partial charge in [0.25, 0.3) is 5.91 Å². The number of carbonyl (C=O) groups is 1. The molecule has 0 spiro atoms. The number of nitrogens with zero attached hydrogens (tertiary/aromatic N) is 3. The Morgan fingerprint density at radius 3 is 2.75 bits per heavy atom. The van der Waals surface area contributed by atoms with Crippen LogP contribution in [0.25, 0.3) is 0 Å². The van der Waals surface area contributed by atoms with Gasteiger partial charge in [0, 0.05) is 44.1 Å². The molecule has 142 valence electrons. The fourth-order valence-corrected chi connectivity index (χ4v) is 3.33. The van der Waals surface area contributed by atoms with Crippen LogP contribution in [0.1, 0.15) is 27.7 Å². The van der Waals surface area contributed by atoms with E-state index in [-0.39, 0.29) is 12.0 Å². The van der Waals surface area contributed by atoms with Crippen LogP contribution >= 0.6 is 0 Å². The molecule has 3 aromatic rings. The van der Waals surface area contributed by atoms with Crippen molar-refractivity contribution in [3.05, 3.63) is 90.0 Å². The molecule has 0 radical (unpaired) electrons. The summed E-state index contributed by atoms with van der Waals surface area (Å²) in [5.41, 5.74) is 2.63. The molecule has 0 saturated heterocycles. The van der Waals surface area contributed by atoms with Gasteiger partial charge in [-0.15, -0.1) is 0 Å². The fourth-order valence-electron chi connectivity index (χ4n) is 3.33. The van der Waals surface area contributed by atoms with Crippen molar-refractivity contribution < 1.29 is 9.53 Å². The van der Waals surface area contributed by atoms with Crippen molar-refractivity contribution >= 4 is 5.91 Å². The number of rotatable bonds is 5. The van der Waals surface area contributed by atoms with Crippen molar-refractivity contribution in [3.8, 4) is 5.75 Å². The molecule has 1 N–H and O–H groups in total. The van der Waals surface area contributed by atoms with Crippen LogP contribution in [-0.2, 0) is 6.54 Å². The van der Waals surface area contributed by atoms with Crippen LogP contribution in [0.4, 0.5) is 0 Å². The monoisotopic (exact) mass is 374 g/mol. The minimum atomic E-state index is -0.209. The van der Waals surface area contributed by atoms with Gasteiger partial charge in [-0.3, -0.25) is 14.7 Å². The van der Waals surface area contributed by atoms with E-state index in [0.717, 1.165) is 30.0 Å². The molecule has 1 atom stereocenters. The molecule has 6 nitrogen and oxygen atoms in total. The Kier molecular flexibility index (Phi) is 5.58. The summed E-state index contributed by atoms with van der Waals surface area (Å²) in [6, 6.07) is 18.4. The number of amides is 1. The number of hydrogen-bond donors (Lipinski definition) is 1. The maximum Gasteiger partial charge on any atom is 0.271 e. The van der Waals surface area contributed by atoms with Crippen molar-refractivity contribution in [1.82, 2.24) is 20.2 Å². The van der Waals surface area contributed by atoms with Gasteiger partial charge in [-0.05, 0) is 11.6 Å². The van der Waals surface area contributed by atoms with Crippen LogP contribution in [0.15, 0.2) is 73.2 Å². The van der Waals surface area contributed by atoms with Crippen LogP contribution in [0, 0.1) is 0 Å². The summed E-state index contributed by atoms with van der Waals surface area (Å²) in [7, 11) is 0. The molecule has 28 heavy (non-hydrogen) atoms. The summed E-state index contributed by atoms with van der Waals surface area (Å²) in [6.07, 6.45) is 4.48. The van der Waals surface area contributed by atoms with Crippen molar-refractivity contribution in [1.29, 1.82) is 0 Å². The first kappa shape index (κ1) is 18.1. The number of fused-ring (bicyclic) bond motifs is 1. The number of ether oxygens (including phenoxy) is 1. The molecule has 0 aliphatic carbocycles. The first-order chi connectivity index (χ1) is 13.8. The molecule has 0 fully saturated rings. The van der Waals surface area contributed by atoms with E-state index in [2.05, 4.69) is 38.4 Å². The zero-order valence-corrected chi connectivity index (χ0v) is 15.5. The molecule has 1 aliphatic heterocycles. The molecule has 1 unspecified atom stereocenters. The highest BCUT2D eigenvalue weighted by atomic mass is 16.5. The maximum absolute atomic E-state index is 12.2. The number of para-hydroxylation sites is 1. The lowest BCUT2D eigenvalue weighted by Gasteiger charge is -2.24. The lowest BCUT2D eigenvalue weighted by atomic mass is 10.1. The van der Waals surface area contributed by atoms with Crippen LogP contribution < -0.4 is 10.1 Å². The normalized spacial score (nSPS) is 16.5. The summed E-state index contributed by atoms with van der Waals surface area (Å²) in [6.45, 7) is 2.77. The molecule has 1 amide bonds. The third-order valence-electron chi connectivity index (χ3n) is 4.74. The van der Waals surface area contributed by atoms with Crippen LogP contribution in [-0.4, -0.2) is 40.4 Å². The second-order valence-corrected chi connectivity index (χ2v) is 6.71. The van der Waals surface area contributed by atoms with Crippen molar-refractivity contribution in [2.45, 2.75) is 12.6 Å². The molecular weight excluding hydrogens is 352 g/mol. The average molecular weight is 374 g/mol. The van der Waals surface area contributed by atoms with E-state index in [1.165, 1.54) is 12.4 Å². The number of carbonyl (C=O) groups excluding carboxylic acids is 1. The van der Waals surface area contributed by atoms with E-state index in [9.17, 15) is 4.79 Å². The van der Waals surface area contributed by atoms with Crippen LogP contribution in [0.3, 0.4) is 0 Å². The summed E-state index contributed by atoms with van der Waals surface area (Å²) in [4.78, 5) is 22.5. The van der Waals surface area contributed by atoms with Gasteiger partial charge in [0.05, 0.1) is 6.20 Å². The number of aromatic nitrogens is 2. The summed E-state index contributed by atoms with van der Waals surface area (Å²) in [5, 5.41) is 2.92. The second kappa shape index (κ2) is 8.63. The number of benzene rings is 2. The van der Waals surface area contributed by atoms with E-state index in [1.54, 1.807) is 6.20 Å². The van der Waals surface area contributed by atoms with Gasteiger partial charge in [0.1, 0.15) is 17.5 Å². The first-order valence-corrected chi connectivity index (χ1v) is 9.35. The molecule has 1 aliphatic rings. The van der Waals surface area contributed by atoms with Gasteiger partial charge in [-0.1, -0.05) is 48.5 Å². The summed E-state index contributed by atoms with van der Waals surface area (Å²) >= 11 is 0. The smallest absolute Gasteiger partial charge is 0.271 e. The molecule has 2 heterocycles. The quantitative estimate of drug-likeness (QED) is 0.744. The molecule has 0 saturated carbocycles. The third-order valence-corrected chi connectivity index (χ3v) is 4.74. The lowest BCUT2D eigenvalue weighted by Crippen LogP contribution is -2.36. The van der Waals surface area contributed by atoms with Crippen LogP contribution in [0.5, 0.6) is 5.75 Å². The minimum absolute atomic E-state index is 0.0551. The predicted octanol–water partition coefficient (Wildman–Crippen LogP) is 2.84. The Morgan fingerprint density at radius 2 is 1.93 bits per heavy atom. The largest absolute Gasteiger partial charge is 0.484 e. The highest BCUT2D eigenvalue weighted by Gasteiger charge is 2.24. The second-order valence-electron chi connectivity index (χ2n) is 6.71. The molecule has 0 bridgehead atoms. The Morgan fingerprint density at radius 1 is 1.11 bits per heavy atom. The van der Waals surface area contributed by atoms with Gasteiger partial charge in [-0.2, -0.15) is 0 Å². The molecular formula is C22H22N4O2. The maximum atomic E-state index is 12.2. The topological polar surface area (TPSA) is 67.4 Å². The third kappa shape index (κ3) is 4.35. The highest BCUT2D eigenvalue weighted by molar-refractivity contribution is 5.91. The molecule has 1 aromatic heterocycles. The van der Waals surface area contributed by atoms with Crippen molar-refractivity contribution in [2.75, 3.05) is 19.6 Å². The molecule has 4 rings (SSSR count). The zero-order valence-electron chi connectivity index (χ0n) is 15.5. The Hall–Kier alpha value is -3.25. The van der Waals surface area contributed by atoms with E-state index >= 15 is 0 Å². The molecule has 6 heteroatoms. The summed E-state index contributed by atoms with van der Waals surface area (Å²) in [5.74, 6) is 0.710. The van der Waals surface area contributed by atoms with Gasteiger partial charge in [-0.25, -0.2) is 4.98 Å². The van der Waals surface area contributed by atoms with E-state index in [0.29, 0.717) is 18.8 Å². The van der Waals surface area contributed by atoms with Crippen LogP contribution in [0.2, 0.25) is 0 Å². The Bertz CT molecular complexity index is 918. The van der Waals surface area contributed by atoms with E-state index in [4.69, 9.17) is 4.74 Å².